The molecule has 0 rings (SSSR count). The summed E-state index contributed by atoms with van der Waals surface area (Å²) < 4.78 is 31.0. The Morgan fingerprint density at radius 3 is 2.36 bits per heavy atom. The number of carbonyl (C=O) groups excluding carboxylic acids is 1. The quantitative estimate of drug-likeness (QED) is 0.0949. The molecule has 1 radical (unpaired) electrons. The summed E-state index contributed by atoms with van der Waals surface area (Å²) in [6.45, 7) is 1.78. The van der Waals surface area contributed by atoms with Crippen molar-refractivity contribution in [3.05, 3.63) is 5.73 Å². The minimum absolute atomic E-state index is 0. The Balaban J connectivity index is -0.000000530. The molecule has 0 aromatic heterocycles. The van der Waals surface area contributed by atoms with Crippen molar-refractivity contribution in [3.8, 4) is 12.8 Å². The molecule has 0 saturated carbocycles. The van der Waals surface area contributed by atoms with Gasteiger partial charge in [0.15, 0.2) is 0 Å². The molecule has 9 nitrogen and oxygen atoms in total. The Morgan fingerprint density at radius 1 is 1.28 bits per heavy atom. The Bertz CT molecular complexity index is 367. The van der Waals surface area contributed by atoms with Crippen molar-refractivity contribution < 1.29 is 82.4 Å². The summed E-state index contributed by atoms with van der Waals surface area (Å²) in [4.78, 5) is 19.6. The molecular weight excluding hydrogens is 616 g/mol. The van der Waals surface area contributed by atoms with E-state index in [0.29, 0.717) is 13.0 Å². The molecule has 0 aromatic carbocycles. The van der Waals surface area contributed by atoms with Crippen LogP contribution in [0.3, 0.4) is 0 Å². The van der Waals surface area contributed by atoms with Gasteiger partial charge < -0.3 is 30.2 Å². The fourth-order valence-electron chi connectivity index (χ4n) is 1.19. The number of nitrogens with one attached hydrogen (secondary N) is 2. The summed E-state index contributed by atoms with van der Waals surface area (Å²) in [6.07, 6.45) is 10.2. The maximum absolute atomic E-state index is 11.4. The van der Waals surface area contributed by atoms with Crippen LogP contribution in [0, 0.1) is 44.0 Å². The fraction of sp³-hybridized carbons (Fsp3) is 0.769. The summed E-state index contributed by atoms with van der Waals surface area (Å²) in [5, 5.41) is 2.30. The van der Waals surface area contributed by atoms with Crippen molar-refractivity contribution in [3.63, 3.8) is 0 Å². The number of hydrogen-bond acceptors (Lipinski definition) is 6. The van der Waals surface area contributed by atoms with Crippen LogP contribution in [0.4, 0.5) is 0 Å². The topological polar surface area (TPSA) is 127 Å². The average Bonchev–Trinajstić information content (AvgIpc) is 2.56. The molecule has 0 aromatic rings. The Hall–Kier alpha value is 0.656. The van der Waals surface area contributed by atoms with Crippen LogP contribution in [0.1, 0.15) is 13.3 Å². The summed E-state index contributed by atoms with van der Waals surface area (Å²) in [5.41, 5.74) is 6.82. The van der Waals surface area contributed by atoms with Gasteiger partial charge in [-0.1, -0.05) is 0 Å². The number of ether oxygens (including phenoxy) is 2. The monoisotopic (exact) mass is 641 g/mol. The van der Waals surface area contributed by atoms with Gasteiger partial charge in [0.1, 0.15) is 0 Å². The zero-order valence-corrected chi connectivity index (χ0v) is 20.8. The van der Waals surface area contributed by atoms with Gasteiger partial charge in [-0.2, -0.15) is 6.41 Å². The van der Waals surface area contributed by atoms with Crippen LogP contribution in [0.5, 0.6) is 0 Å². The van der Waals surface area contributed by atoms with Gasteiger partial charge in [0.25, 0.3) is 0 Å². The summed E-state index contributed by atoms with van der Waals surface area (Å²) in [6, 6.07) is -0.625. The van der Waals surface area contributed by atoms with Crippen LogP contribution in [-0.4, -0.2) is 63.5 Å². The number of amides is 1. The first-order chi connectivity index (χ1) is 10.9. The van der Waals surface area contributed by atoms with Crippen molar-refractivity contribution in [1.82, 2.24) is 5.32 Å². The second kappa shape index (κ2) is 22.7. The van der Waals surface area contributed by atoms with Gasteiger partial charge in [0.05, 0.1) is 19.3 Å². The third kappa shape index (κ3) is 22.6. The van der Waals surface area contributed by atoms with E-state index in [1.54, 1.807) is 7.11 Å². The van der Waals surface area contributed by atoms with Crippen LogP contribution in [0.2, 0.25) is 0 Å². The maximum atomic E-state index is 11.4. The number of rotatable bonds is 14. The Morgan fingerprint density at radius 2 is 1.88 bits per heavy atom. The third-order valence-electron chi connectivity index (χ3n) is 2.45. The van der Waals surface area contributed by atoms with E-state index >= 15 is 0 Å². The molecule has 0 aliphatic carbocycles. The molecule has 3 atom stereocenters. The van der Waals surface area contributed by atoms with E-state index in [4.69, 9.17) is 19.7 Å². The van der Waals surface area contributed by atoms with Gasteiger partial charge in [0, 0.05) is 76.0 Å². The van der Waals surface area contributed by atoms with Gasteiger partial charge in [-0.15, -0.1) is 19.4 Å². The number of hydrogen-bond donors (Lipinski definition) is 2. The van der Waals surface area contributed by atoms with E-state index in [2.05, 4.69) is 22.7 Å². The van der Waals surface area contributed by atoms with E-state index in [-0.39, 0.29) is 82.1 Å². The zero-order chi connectivity index (χ0) is 18.1. The summed E-state index contributed by atoms with van der Waals surface area (Å²) >= 11 is 0. The maximum Gasteiger partial charge on any atom is 0.472 e. The first-order valence-electron chi connectivity index (χ1n) is 6.78. The van der Waals surface area contributed by atoms with E-state index in [0.717, 1.165) is 0 Å². The first kappa shape index (κ1) is 33.3. The largest absolute Gasteiger partial charge is 0.676 e. The third-order valence-corrected chi connectivity index (χ3v) is 3.43. The standard InChI is InChI=1S/C11H23N2O7P.C2H2.U.V/c1-10(17-2)3-5-18-7-11(13-9-14)8-20-21(15,16)19-6-4-12;1-2;;/h10-12H,3-8H2,1-2H3,(H,13,14)(H,15,16);1-2H;;/q-2;;;. The van der Waals surface area contributed by atoms with Gasteiger partial charge in [-0.3, -0.25) is 9.05 Å². The normalized spacial score (nSPS) is 14.3. The smallest absolute Gasteiger partial charge is 0.472 e. The molecule has 0 fully saturated rings. The Labute approximate surface area is 185 Å². The molecular formula is C13H25N2O7PUV-2. The second-order valence-corrected chi connectivity index (χ2v) is 5.65. The molecule has 1 amide bonds. The molecule has 0 aliphatic rings. The van der Waals surface area contributed by atoms with Gasteiger partial charge >= 0.3 is 7.82 Å². The SMILES string of the molecule is C#C.COC(C)CCOCC(COP(=O)(O)OCC[NH-])N[C-]=O.[U].[V]. The van der Waals surface area contributed by atoms with Crippen molar-refractivity contribution >= 4 is 14.2 Å². The molecule has 12 heteroatoms. The molecule has 3 unspecified atom stereocenters. The fourth-order valence-corrected chi connectivity index (χ4v) is 1.95. The summed E-state index contributed by atoms with van der Waals surface area (Å²) in [7, 11) is -2.61. The zero-order valence-electron chi connectivity index (χ0n) is 14.3. The van der Waals surface area contributed by atoms with Gasteiger partial charge in [-0.05, 0) is 13.3 Å². The minimum atomic E-state index is -4.21. The van der Waals surface area contributed by atoms with Crippen LogP contribution in [-0.2, 0) is 46.4 Å². The number of methoxy groups -OCH3 is 1. The van der Waals surface area contributed by atoms with Crippen LogP contribution < -0.4 is 5.32 Å². The average molecular weight is 641 g/mol. The number of phosphoric ester groups is 1. The van der Waals surface area contributed by atoms with Crippen molar-refractivity contribution in [2.24, 2.45) is 0 Å². The first-order valence-corrected chi connectivity index (χ1v) is 8.27. The van der Waals surface area contributed by atoms with E-state index in [9.17, 15) is 14.3 Å². The predicted molar refractivity (Wildman–Crippen MR) is 85.3 cm³/mol. The van der Waals surface area contributed by atoms with Gasteiger partial charge in [0.2, 0.25) is 0 Å². The summed E-state index contributed by atoms with van der Waals surface area (Å²) in [5.74, 6) is 0. The molecule has 145 valence electrons. The van der Waals surface area contributed by atoms with E-state index in [1.807, 2.05) is 6.92 Å². The molecule has 25 heavy (non-hydrogen) atoms. The molecule has 3 N–H and O–H groups in total. The van der Waals surface area contributed by atoms with Gasteiger partial charge in [-0.25, -0.2) is 4.57 Å². The minimum Gasteiger partial charge on any atom is -0.676 e. The Kier molecular flexibility index (Phi) is 30.2. The molecule has 0 bridgehead atoms. The van der Waals surface area contributed by atoms with Crippen molar-refractivity contribution in [2.45, 2.75) is 25.5 Å². The second-order valence-electron chi connectivity index (χ2n) is 4.20. The predicted octanol–water partition coefficient (Wildman–Crippen LogP) is 0.886. The van der Waals surface area contributed by atoms with E-state index < -0.39 is 13.9 Å². The van der Waals surface area contributed by atoms with Crippen molar-refractivity contribution in [1.29, 1.82) is 0 Å². The van der Waals surface area contributed by atoms with Crippen molar-refractivity contribution in [2.75, 3.05) is 40.1 Å². The number of terminal acetylenes is 1. The molecule has 0 aliphatic heterocycles. The molecule has 0 saturated heterocycles. The molecule has 0 heterocycles. The van der Waals surface area contributed by atoms with E-state index in [1.165, 1.54) is 6.41 Å². The van der Waals surface area contributed by atoms with Crippen LogP contribution in [0.15, 0.2) is 0 Å². The van der Waals surface area contributed by atoms with Crippen LogP contribution >= 0.6 is 7.82 Å². The number of phosphoric acid groups is 1. The molecule has 0 spiro atoms. The van der Waals surface area contributed by atoms with Crippen LogP contribution in [0.25, 0.3) is 5.73 Å².